The predicted octanol–water partition coefficient (Wildman–Crippen LogP) is 6.89. The number of likely N-dealkylation sites (N-methyl/N-ethyl adjacent to an activating group) is 1. The van der Waals surface area contributed by atoms with Crippen molar-refractivity contribution in [1.82, 2.24) is 4.90 Å². The van der Waals surface area contributed by atoms with Crippen LogP contribution in [0.1, 0.15) is 18.1 Å². The Balaban J connectivity index is 1.57. The lowest BCUT2D eigenvalue weighted by molar-refractivity contribution is -0.122. The molecular formula is C23H17BrClNO3S. The standard InChI is InChI=1S/C23H17BrClNO3S/c1-2-26-22(27)20(30-23(26)28)12-14-10-18(24)21(19(25)11-14)29-13-16-8-5-7-15-6-3-4-9-17(15)16/h3-12H,2,13H2,1H3/b20-12+. The lowest BCUT2D eigenvalue weighted by Gasteiger charge is -2.13. The van der Waals surface area contributed by atoms with E-state index in [0.717, 1.165) is 28.1 Å². The second-order valence-corrected chi connectivity index (χ2v) is 8.92. The average molecular weight is 503 g/mol. The fourth-order valence-electron chi connectivity index (χ4n) is 3.29. The molecule has 0 unspecified atom stereocenters. The molecule has 0 atom stereocenters. The maximum atomic E-state index is 12.3. The van der Waals surface area contributed by atoms with E-state index in [0.29, 0.717) is 38.9 Å². The van der Waals surface area contributed by atoms with E-state index in [1.54, 1.807) is 19.1 Å². The van der Waals surface area contributed by atoms with Crippen molar-refractivity contribution < 1.29 is 14.3 Å². The Labute approximate surface area is 192 Å². The number of amides is 2. The summed E-state index contributed by atoms with van der Waals surface area (Å²) in [7, 11) is 0. The molecule has 1 fully saturated rings. The van der Waals surface area contributed by atoms with Gasteiger partial charge in [0.2, 0.25) is 0 Å². The second kappa shape index (κ2) is 8.84. The number of hydrogen-bond donors (Lipinski definition) is 0. The summed E-state index contributed by atoms with van der Waals surface area (Å²) in [6.07, 6.45) is 1.67. The topological polar surface area (TPSA) is 46.6 Å². The maximum Gasteiger partial charge on any atom is 0.293 e. The number of hydrogen-bond acceptors (Lipinski definition) is 4. The molecular weight excluding hydrogens is 486 g/mol. The Morgan fingerprint density at radius 2 is 1.90 bits per heavy atom. The van der Waals surface area contributed by atoms with E-state index in [1.807, 2.05) is 30.3 Å². The van der Waals surface area contributed by atoms with E-state index in [1.165, 1.54) is 4.90 Å². The number of rotatable bonds is 5. The zero-order chi connectivity index (χ0) is 21.3. The van der Waals surface area contributed by atoms with Crippen molar-refractivity contribution in [3.05, 3.63) is 80.1 Å². The zero-order valence-electron chi connectivity index (χ0n) is 16.0. The molecule has 0 N–H and O–H groups in total. The molecule has 1 aliphatic heterocycles. The fraction of sp³-hybridized carbons (Fsp3) is 0.130. The summed E-state index contributed by atoms with van der Waals surface area (Å²) in [4.78, 5) is 25.8. The van der Waals surface area contributed by atoms with Gasteiger partial charge < -0.3 is 4.74 Å². The normalized spacial score (nSPS) is 15.4. The van der Waals surface area contributed by atoms with Gasteiger partial charge in [0.05, 0.1) is 14.4 Å². The van der Waals surface area contributed by atoms with Crippen LogP contribution in [0, 0.1) is 0 Å². The van der Waals surface area contributed by atoms with Gasteiger partial charge in [0.1, 0.15) is 6.61 Å². The minimum Gasteiger partial charge on any atom is -0.486 e. The average Bonchev–Trinajstić information content (AvgIpc) is 2.99. The minimum atomic E-state index is -0.281. The molecule has 1 heterocycles. The largest absolute Gasteiger partial charge is 0.486 e. The van der Waals surface area contributed by atoms with Crippen LogP contribution in [0.3, 0.4) is 0 Å². The van der Waals surface area contributed by atoms with Gasteiger partial charge in [0.25, 0.3) is 11.1 Å². The van der Waals surface area contributed by atoms with E-state index < -0.39 is 0 Å². The quantitative estimate of drug-likeness (QED) is 0.356. The Bertz CT molecular complexity index is 1170. The van der Waals surface area contributed by atoms with E-state index >= 15 is 0 Å². The van der Waals surface area contributed by atoms with Crippen LogP contribution in [-0.4, -0.2) is 22.6 Å². The molecule has 1 aliphatic rings. The van der Waals surface area contributed by atoms with Gasteiger partial charge in [-0.1, -0.05) is 54.1 Å². The van der Waals surface area contributed by atoms with Gasteiger partial charge >= 0.3 is 0 Å². The van der Waals surface area contributed by atoms with Crippen molar-refractivity contribution in [3.63, 3.8) is 0 Å². The van der Waals surface area contributed by atoms with E-state index in [9.17, 15) is 9.59 Å². The molecule has 3 aromatic rings. The molecule has 0 aliphatic carbocycles. The van der Waals surface area contributed by atoms with Crippen LogP contribution < -0.4 is 4.74 Å². The van der Waals surface area contributed by atoms with Gasteiger partial charge in [-0.15, -0.1) is 0 Å². The number of nitrogens with zero attached hydrogens (tertiary/aromatic N) is 1. The van der Waals surface area contributed by atoms with Crippen LogP contribution in [0.4, 0.5) is 4.79 Å². The van der Waals surface area contributed by atoms with Crippen LogP contribution >= 0.6 is 39.3 Å². The van der Waals surface area contributed by atoms with Crippen LogP contribution in [-0.2, 0) is 11.4 Å². The van der Waals surface area contributed by atoms with Crippen molar-refractivity contribution in [2.45, 2.75) is 13.5 Å². The molecule has 30 heavy (non-hydrogen) atoms. The summed E-state index contributed by atoms with van der Waals surface area (Å²) < 4.78 is 6.70. The summed E-state index contributed by atoms with van der Waals surface area (Å²) in [5, 5.41) is 2.45. The summed E-state index contributed by atoms with van der Waals surface area (Å²) in [5.74, 6) is 0.249. The highest BCUT2D eigenvalue weighted by Crippen LogP contribution is 2.38. The summed E-state index contributed by atoms with van der Waals surface area (Å²) >= 11 is 10.9. The monoisotopic (exact) mass is 501 g/mol. The first-order valence-corrected chi connectivity index (χ1v) is 11.3. The molecule has 0 radical (unpaired) electrons. The molecule has 0 saturated carbocycles. The third-order valence-electron chi connectivity index (χ3n) is 4.76. The van der Waals surface area contributed by atoms with Crippen molar-refractivity contribution in [3.8, 4) is 5.75 Å². The van der Waals surface area contributed by atoms with Crippen LogP contribution in [0.2, 0.25) is 5.02 Å². The first-order chi connectivity index (χ1) is 14.5. The molecule has 3 aromatic carbocycles. The Hall–Kier alpha value is -2.28. The van der Waals surface area contributed by atoms with Crippen molar-refractivity contribution >= 4 is 67.3 Å². The molecule has 0 aromatic heterocycles. The van der Waals surface area contributed by atoms with Gasteiger partial charge in [0, 0.05) is 6.54 Å². The number of carbonyl (C=O) groups excluding carboxylic acids is 2. The molecule has 2 amide bonds. The summed E-state index contributed by atoms with van der Waals surface area (Å²) in [6.45, 7) is 2.50. The Morgan fingerprint density at radius 3 is 2.63 bits per heavy atom. The highest BCUT2D eigenvalue weighted by atomic mass is 79.9. The Morgan fingerprint density at radius 1 is 1.13 bits per heavy atom. The third-order valence-corrected chi connectivity index (χ3v) is 6.54. The number of benzene rings is 3. The highest BCUT2D eigenvalue weighted by Gasteiger charge is 2.33. The SMILES string of the molecule is CCN1C(=O)S/C(=C/c2cc(Cl)c(OCc3cccc4ccccc34)c(Br)c2)C1=O. The molecule has 4 nitrogen and oxygen atoms in total. The number of ether oxygens (including phenoxy) is 1. The fourth-order valence-corrected chi connectivity index (χ4v) is 5.18. The molecule has 7 heteroatoms. The van der Waals surface area contributed by atoms with E-state index in [2.05, 4.69) is 34.1 Å². The van der Waals surface area contributed by atoms with Gasteiger partial charge in [0.15, 0.2) is 5.75 Å². The van der Waals surface area contributed by atoms with Gasteiger partial charge in [-0.2, -0.15) is 0 Å². The highest BCUT2D eigenvalue weighted by molar-refractivity contribution is 9.10. The van der Waals surface area contributed by atoms with Crippen LogP contribution in [0.5, 0.6) is 5.75 Å². The number of fused-ring (bicyclic) bond motifs is 1. The summed E-state index contributed by atoms with van der Waals surface area (Å²) in [6, 6.07) is 17.8. The Kier molecular flexibility index (Phi) is 6.18. The van der Waals surface area contributed by atoms with Gasteiger partial charge in [-0.25, -0.2) is 0 Å². The lowest BCUT2D eigenvalue weighted by atomic mass is 10.1. The van der Waals surface area contributed by atoms with E-state index in [4.69, 9.17) is 16.3 Å². The molecule has 1 saturated heterocycles. The first-order valence-electron chi connectivity index (χ1n) is 9.31. The number of carbonyl (C=O) groups is 2. The zero-order valence-corrected chi connectivity index (χ0v) is 19.2. The van der Waals surface area contributed by atoms with Gasteiger partial charge in [-0.05, 0) is 74.7 Å². The molecule has 0 bridgehead atoms. The minimum absolute atomic E-state index is 0.256. The van der Waals surface area contributed by atoms with Crippen molar-refractivity contribution in [1.29, 1.82) is 0 Å². The van der Waals surface area contributed by atoms with Crippen molar-refractivity contribution in [2.24, 2.45) is 0 Å². The lowest BCUT2D eigenvalue weighted by Crippen LogP contribution is -2.27. The van der Waals surface area contributed by atoms with Crippen LogP contribution in [0.15, 0.2) is 64.0 Å². The predicted molar refractivity (Wildman–Crippen MR) is 126 cm³/mol. The number of imide groups is 1. The molecule has 152 valence electrons. The van der Waals surface area contributed by atoms with Crippen LogP contribution in [0.25, 0.3) is 16.8 Å². The third kappa shape index (κ3) is 4.13. The number of halogens is 2. The molecule has 0 spiro atoms. The van der Waals surface area contributed by atoms with Gasteiger partial charge in [-0.3, -0.25) is 14.5 Å². The summed E-state index contributed by atoms with van der Waals surface area (Å²) in [5.41, 5.74) is 1.78. The maximum absolute atomic E-state index is 12.3. The van der Waals surface area contributed by atoms with E-state index in [-0.39, 0.29) is 11.1 Å². The van der Waals surface area contributed by atoms with Crippen molar-refractivity contribution in [2.75, 3.05) is 6.54 Å². The molecule has 4 rings (SSSR count). The second-order valence-electron chi connectivity index (χ2n) is 6.67. The number of thioether (sulfide) groups is 1. The first kappa shape index (κ1) is 21.0. The smallest absolute Gasteiger partial charge is 0.293 e.